The van der Waals surface area contributed by atoms with Crippen LogP contribution in [0.4, 0.5) is 0 Å². The second-order valence-corrected chi connectivity index (χ2v) is 5.63. The molecular weight excluding hydrogens is 244 g/mol. The van der Waals surface area contributed by atoms with Crippen LogP contribution in [0, 0.1) is 5.92 Å². The molecule has 0 saturated heterocycles. The van der Waals surface area contributed by atoms with Crippen molar-refractivity contribution in [3.05, 3.63) is 11.6 Å². The summed E-state index contributed by atoms with van der Waals surface area (Å²) in [6.45, 7) is 0.131. The molecule has 1 amide bonds. The Morgan fingerprint density at radius 1 is 1.32 bits per heavy atom. The Morgan fingerprint density at radius 3 is 2.84 bits per heavy atom. The van der Waals surface area contributed by atoms with Gasteiger partial charge in [-0.2, -0.15) is 0 Å². The zero-order valence-corrected chi connectivity index (χ0v) is 10.9. The van der Waals surface area contributed by atoms with Crippen molar-refractivity contribution in [3.8, 4) is 0 Å². The summed E-state index contributed by atoms with van der Waals surface area (Å²) in [7, 11) is 0. The highest BCUT2D eigenvalue weighted by molar-refractivity contribution is 5.90. The van der Waals surface area contributed by atoms with Crippen LogP contribution in [0.3, 0.4) is 0 Å². The van der Waals surface area contributed by atoms with E-state index in [1.807, 2.05) is 0 Å². The van der Waals surface area contributed by atoms with Crippen LogP contribution < -0.4 is 5.32 Å². The van der Waals surface area contributed by atoms with Gasteiger partial charge in [-0.3, -0.25) is 9.89 Å². The molecule has 1 aromatic heterocycles. The Kier molecular flexibility index (Phi) is 3.50. The molecule has 2 atom stereocenters. The molecule has 0 radical (unpaired) electrons. The van der Waals surface area contributed by atoms with Crippen LogP contribution in [0.5, 0.6) is 0 Å². The molecule has 19 heavy (non-hydrogen) atoms. The van der Waals surface area contributed by atoms with Crippen LogP contribution in [0.25, 0.3) is 0 Å². The first-order valence-corrected chi connectivity index (χ1v) is 7.12. The predicted octanol–water partition coefficient (Wildman–Crippen LogP) is 0.963. The summed E-state index contributed by atoms with van der Waals surface area (Å²) in [5, 5.41) is 19.1. The van der Waals surface area contributed by atoms with Crippen molar-refractivity contribution >= 4 is 5.91 Å². The first-order chi connectivity index (χ1) is 9.28. The van der Waals surface area contributed by atoms with Gasteiger partial charge in [0.25, 0.3) is 5.91 Å². The number of carbonyl (C=O) groups is 1. The fourth-order valence-corrected chi connectivity index (χ4v) is 2.76. The number of aromatic amines is 1. The fraction of sp³-hybridized carbons (Fsp3) is 0.769. The lowest BCUT2D eigenvalue weighted by Crippen LogP contribution is -2.43. The average molecular weight is 264 g/mol. The van der Waals surface area contributed by atoms with Gasteiger partial charge in [-0.05, 0) is 25.7 Å². The molecule has 0 aromatic carbocycles. The molecule has 0 spiro atoms. The van der Waals surface area contributed by atoms with Crippen LogP contribution in [-0.2, 0) is 0 Å². The van der Waals surface area contributed by atoms with Gasteiger partial charge in [-0.15, -0.1) is 5.10 Å². The molecule has 0 aliphatic heterocycles. The van der Waals surface area contributed by atoms with Crippen molar-refractivity contribution in [2.45, 2.75) is 50.5 Å². The van der Waals surface area contributed by atoms with Crippen molar-refractivity contribution < 1.29 is 9.90 Å². The maximum absolute atomic E-state index is 12.1. The molecule has 104 valence electrons. The van der Waals surface area contributed by atoms with Crippen molar-refractivity contribution in [3.63, 3.8) is 0 Å². The van der Waals surface area contributed by atoms with Gasteiger partial charge in [0.15, 0.2) is 0 Å². The maximum Gasteiger partial charge on any atom is 0.291 e. The number of rotatable bonds is 4. The van der Waals surface area contributed by atoms with E-state index < -0.39 is 0 Å². The Bertz CT molecular complexity index is 455. The van der Waals surface area contributed by atoms with Crippen LogP contribution in [0.1, 0.15) is 60.9 Å². The lowest BCUT2D eigenvalue weighted by atomic mass is 9.85. The maximum atomic E-state index is 12.1. The standard InChI is InChI=1S/C13H20N4O2/c18-7-9-3-1-2-4-10(9)14-13(19)12-15-11(16-17-12)8-5-6-8/h8-10,18H,1-7H2,(H,14,19)(H,15,16,17). The lowest BCUT2D eigenvalue weighted by molar-refractivity contribution is 0.0862. The molecule has 2 aliphatic rings. The number of hydrogen-bond donors (Lipinski definition) is 3. The molecule has 6 heteroatoms. The quantitative estimate of drug-likeness (QED) is 0.755. The summed E-state index contributed by atoms with van der Waals surface area (Å²) in [4.78, 5) is 16.3. The smallest absolute Gasteiger partial charge is 0.291 e. The summed E-state index contributed by atoms with van der Waals surface area (Å²) in [5.41, 5.74) is 0. The Hall–Kier alpha value is -1.43. The van der Waals surface area contributed by atoms with E-state index in [1.165, 1.54) is 0 Å². The number of amides is 1. The van der Waals surface area contributed by atoms with E-state index in [9.17, 15) is 9.90 Å². The minimum Gasteiger partial charge on any atom is -0.396 e. The van der Waals surface area contributed by atoms with Gasteiger partial charge in [0.1, 0.15) is 5.82 Å². The van der Waals surface area contributed by atoms with E-state index in [0.29, 0.717) is 5.92 Å². The van der Waals surface area contributed by atoms with Crippen LogP contribution in [0.2, 0.25) is 0 Å². The molecule has 2 fully saturated rings. The molecular formula is C13H20N4O2. The first kappa shape index (κ1) is 12.6. The summed E-state index contributed by atoms with van der Waals surface area (Å²) in [6, 6.07) is 0.0501. The van der Waals surface area contributed by atoms with Crippen LogP contribution >= 0.6 is 0 Å². The van der Waals surface area contributed by atoms with Crippen LogP contribution in [-0.4, -0.2) is 38.8 Å². The van der Waals surface area contributed by atoms with E-state index in [4.69, 9.17) is 0 Å². The SMILES string of the molecule is O=C(NC1CCCCC1CO)c1n[nH]c(C2CC2)n1. The average Bonchev–Trinajstić information content (AvgIpc) is 3.17. The Balaban J connectivity index is 1.62. The topological polar surface area (TPSA) is 90.9 Å². The molecule has 2 unspecified atom stereocenters. The van der Waals surface area contributed by atoms with E-state index >= 15 is 0 Å². The van der Waals surface area contributed by atoms with Gasteiger partial charge >= 0.3 is 0 Å². The van der Waals surface area contributed by atoms with Gasteiger partial charge in [-0.1, -0.05) is 12.8 Å². The normalized spacial score (nSPS) is 27.2. The third-order valence-electron chi connectivity index (χ3n) is 4.13. The van der Waals surface area contributed by atoms with Gasteiger partial charge in [0.05, 0.1) is 0 Å². The van der Waals surface area contributed by atoms with Gasteiger partial charge in [0.2, 0.25) is 5.82 Å². The number of hydrogen-bond acceptors (Lipinski definition) is 4. The zero-order valence-electron chi connectivity index (χ0n) is 10.9. The highest BCUT2D eigenvalue weighted by Gasteiger charge is 2.30. The number of carbonyl (C=O) groups excluding carboxylic acids is 1. The second kappa shape index (κ2) is 5.28. The molecule has 2 aliphatic carbocycles. The van der Waals surface area contributed by atoms with Gasteiger partial charge in [0, 0.05) is 24.5 Å². The fourth-order valence-electron chi connectivity index (χ4n) is 2.76. The number of nitrogens with one attached hydrogen (secondary N) is 2. The Labute approximate surface area is 112 Å². The summed E-state index contributed by atoms with van der Waals surface area (Å²) in [5.74, 6) is 1.46. The van der Waals surface area contributed by atoms with Crippen molar-refractivity contribution in [1.29, 1.82) is 0 Å². The predicted molar refractivity (Wildman–Crippen MR) is 68.7 cm³/mol. The molecule has 0 bridgehead atoms. The second-order valence-electron chi connectivity index (χ2n) is 5.63. The lowest BCUT2D eigenvalue weighted by Gasteiger charge is -2.30. The number of aliphatic hydroxyl groups is 1. The van der Waals surface area contributed by atoms with E-state index in [1.54, 1.807) is 0 Å². The summed E-state index contributed by atoms with van der Waals surface area (Å²) in [6.07, 6.45) is 6.39. The van der Waals surface area contributed by atoms with E-state index in [0.717, 1.165) is 44.3 Å². The van der Waals surface area contributed by atoms with Gasteiger partial charge in [-0.25, -0.2) is 4.98 Å². The minimum absolute atomic E-state index is 0.0501. The molecule has 2 saturated carbocycles. The zero-order chi connectivity index (χ0) is 13.2. The number of aliphatic hydroxyl groups excluding tert-OH is 1. The molecule has 6 nitrogen and oxygen atoms in total. The molecule has 1 aromatic rings. The molecule has 3 rings (SSSR count). The van der Waals surface area contributed by atoms with Crippen LogP contribution in [0.15, 0.2) is 0 Å². The number of H-pyrrole nitrogens is 1. The molecule has 3 N–H and O–H groups in total. The third kappa shape index (κ3) is 2.78. The first-order valence-electron chi connectivity index (χ1n) is 7.12. The highest BCUT2D eigenvalue weighted by atomic mass is 16.3. The van der Waals surface area contributed by atoms with Crippen molar-refractivity contribution in [2.24, 2.45) is 5.92 Å². The van der Waals surface area contributed by atoms with Gasteiger partial charge < -0.3 is 10.4 Å². The Morgan fingerprint density at radius 2 is 2.11 bits per heavy atom. The summed E-state index contributed by atoms with van der Waals surface area (Å²) < 4.78 is 0. The minimum atomic E-state index is -0.228. The summed E-state index contributed by atoms with van der Waals surface area (Å²) >= 11 is 0. The monoisotopic (exact) mass is 264 g/mol. The molecule has 1 heterocycles. The van der Waals surface area contributed by atoms with E-state index in [2.05, 4.69) is 20.5 Å². The van der Waals surface area contributed by atoms with Crippen molar-refractivity contribution in [2.75, 3.05) is 6.61 Å². The highest BCUT2D eigenvalue weighted by Crippen LogP contribution is 2.37. The van der Waals surface area contributed by atoms with E-state index in [-0.39, 0.29) is 30.3 Å². The van der Waals surface area contributed by atoms with Crippen molar-refractivity contribution in [1.82, 2.24) is 20.5 Å². The number of aromatic nitrogens is 3. The third-order valence-corrected chi connectivity index (χ3v) is 4.13. The largest absolute Gasteiger partial charge is 0.396 e. The number of nitrogens with zero attached hydrogens (tertiary/aromatic N) is 2.